The average molecular weight is 249 g/mol. The minimum Gasteiger partial charge on any atom is -0.293 e. The van der Waals surface area contributed by atoms with E-state index in [1.807, 2.05) is 0 Å². The molecule has 1 aromatic carbocycles. The summed E-state index contributed by atoms with van der Waals surface area (Å²) in [6.07, 6.45) is 2.40. The molecule has 0 N–H and O–H groups in total. The van der Waals surface area contributed by atoms with Crippen LogP contribution < -0.4 is 0 Å². The molecular formula is C15H20FNO. The summed E-state index contributed by atoms with van der Waals surface area (Å²) in [5.74, 6) is 0.349. The van der Waals surface area contributed by atoms with Crippen molar-refractivity contribution in [1.82, 2.24) is 4.90 Å². The topological polar surface area (TPSA) is 20.3 Å². The van der Waals surface area contributed by atoms with Crippen LogP contribution in [-0.4, -0.2) is 29.8 Å². The number of hydrogen-bond acceptors (Lipinski definition) is 2. The van der Waals surface area contributed by atoms with E-state index in [2.05, 4.69) is 18.7 Å². The van der Waals surface area contributed by atoms with Crippen molar-refractivity contribution in [3.05, 3.63) is 35.6 Å². The van der Waals surface area contributed by atoms with Crippen molar-refractivity contribution >= 4 is 5.78 Å². The van der Waals surface area contributed by atoms with Crippen LogP contribution in [0.25, 0.3) is 0 Å². The van der Waals surface area contributed by atoms with Crippen molar-refractivity contribution in [2.45, 2.75) is 32.7 Å². The van der Waals surface area contributed by atoms with Gasteiger partial charge in [-0.2, -0.15) is 0 Å². The van der Waals surface area contributed by atoms with Gasteiger partial charge in [0.2, 0.25) is 0 Å². The number of hydrogen-bond donors (Lipinski definition) is 0. The number of Topliss-reactive ketones (excluding diaryl/α,β-unsaturated/α-hetero) is 1. The first-order valence-corrected chi connectivity index (χ1v) is 6.59. The van der Waals surface area contributed by atoms with Crippen LogP contribution in [0.15, 0.2) is 24.3 Å². The van der Waals surface area contributed by atoms with Gasteiger partial charge in [-0.3, -0.25) is 9.69 Å². The Morgan fingerprint density at radius 1 is 1.33 bits per heavy atom. The maximum atomic E-state index is 12.8. The van der Waals surface area contributed by atoms with Crippen LogP contribution in [0.3, 0.4) is 0 Å². The van der Waals surface area contributed by atoms with E-state index in [4.69, 9.17) is 0 Å². The number of rotatable bonds is 6. The standard InChI is InChI=1S/C15H20FNO/c1-11(2)9-17(14-7-8-14)10-15(18)12-3-5-13(16)6-4-12/h3-6,11,14H,7-10H2,1-2H3. The van der Waals surface area contributed by atoms with E-state index < -0.39 is 0 Å². The third-order valence-electron chi connectivity index (χ3n) is 3.18. The molecule has 0 unspecified atom stereocenters. The summed E-state index contributed by atoms with van der Waals surface area (Å²) in [5, 5.41) is 0. The Labute approximate surface area is 108 Å². The predicted molar refractivity (Wildman–Crippen MR) is 70.2 cm³/mol. The zero-order valence-corrected chi connectivity index (χ0v) is 11.0. The van der Waals surface area contributed by atoms with Crippen LogP contribution in [0.4, 0.5) is 4.39 Å². The summed E-state index contributed by atoms with van der Waals surface area (Å²) in [4.78, 5) is 14.4. The highest BCUT2D eigenvalue weighted by molar-refractivity contribution is 5.97. The Hall–Kier alpha value is -1.22. The Bertz CT molecular complexity index is 409. The second kappa shape index (κ2) is 5.61. The van der Waals surface area contributed by atoms with Gasteiger partial charge >= 0.3 is 0 Å². The van der Waals surface area contributed by atoms with Crippen LogP contribution in [0, 0.1) is 11.7 Å². The quantitative estimate of drug-likeness (QED) is 0.722. The van der Waals surface area contributed by atoms with Crippen molar-refractivity contribution in [3.63, 3.8) is 0 Å². The molecule has 0 atom stereocenters. The molecule has 0 radical (unpaired) electrons. The molecule has 0 amide bonds. The highest BCUT2D eigenvalue weighted by atomic mass is 19.1. The molecule has 1 fully saturated rings. The molecule has 1 saturated carbocycles. The van der Waals surface area contributed by atoms with Crippen molar-refractivity contribution in [1.29, 1.82) is 0 Å². The summed E-state index contributed by atoms with van der Waals surface area (Å²) in [6, 6.07) is 6.40. The van der Waals surface area contributed by atoms with Crippen molar-refractivity contribution in [2.75, 3.05) is 13.1 Å². The first-order valence-electron chi connectivity index (χ1n) is 6.59. The molecule has 0 spiro atoms. The summed E-state index contributed by atoms with van der Waals surface area (Å²) in [5.41, 5.74) is 0.603. The van der Waals surface area contributed by atoms with Crippen LogP contribution in [0.2, 0.25) is 0 Å². The van der Waals surface area contributed by atoms with Gasteiger partial charge in [-0.15, -0.1) is 0 Å². The van der Waals surface area contributed by atoms with Crippen LogP contribution in [0.5, 0.6) is 0 Å². The fraction of sp³-hybridized carbons (Fsp3) is 0.533. The number of carbonyl (C=O) groups is 1. The van der Waals surface area contributed by atoms with Gasteiger partial charge in [0.1, 0.15) is 5.82 Å². The zero-order valence-electron chi connectivity index (χ0n) is 11.0. The van der Waals surface area contributed by atoms with Gasteiger partial charge in [0, 0.05) is 18.2 Å². The van der Waals surface area contributed by atoms with Gasteiger partial charge in [-0.05, 0) is 43.0 Å². The summed E-state index contributed by atoms with van der Waals surface area (Å²) < 4.78 is 12.8. The van der Waals surface area contributed by atoms with Gasteiger partial charge in [0.05, 0.1) is 6.54 Å². The lowest BCUT2D eigenvalue weighted by Gasteiger charge is -2.23. The van der Waals surface area contributed by atoms with Gasteiger partial charge in [-0.25, -0.2) is 4.39 Å². The SMILES string of the molecule is CC(C)CN(CC(=O)c1ccc(F)cc1)C1CC1. The first kappa shape index (κ1) is 13.2. The smallest absolute Gasteiger partial charge is 0.176 e. The van der Waals surface area contributed by atoms with E-state index in [0.29, 0.717) is 24.1 Å². The molecule has 0 heterocycles. The van der Waals surface area contributed by atoms with E-state index in [1.54, 1.807) is 12.1 Å². The molecule has 1 aliphatic rings. The molecule has 2 rings (SSSR count). The van der Waals surface area contributed by atoms with Gasteiger partial charge in [0.25, 0.3) is 0 Å². The predicted octanol–water partition coefficient (Wildman–Crippen LogP) is 3.13. The number of halogens is 1. The number of ketones is 1. The molecule has 18 heavy (non-hydrogen) atoms. The third kappa shape index (κ3) is 3.64. The lowest BCUT2D eigenvalue weighted by molar-refractivity contribution is 0.0915. The number of benzene rings is 1. The highest BCUT2D eigenvalue weighted by Crippen LogP contribution is 2.27. The molecule has 3 heteroatoms. The van der Waals surface area contributed by atoms with Crippen LogP contribution >= 0.6 is 0 Å². The van der Waals surface area contributed by atoms with E-state index in [1.165, 1.54) is 25.0 Å². The number of nitrogens with zero attached hydrogens (tertiary/aromatic N) is 1. The largest absolute Gasteiger partial charge is 0.293 e. The van der Waals surface area contributed by atoms with Crippen LogP contribution in [-0.2, 0) is 0 Å². The Kier molecular flexibility index (Phi) is 4.12. The molecule has 0 aromatic heterocycles. The van der Waals surface area contributed by atoms with Gasteiger partial charge in [-0.1, -0.05) is 13.8 Å². The maximum absolute atomic E-state index is 12.8. The summed E-state index contributed by atoms with van der Waals surface area (Å²) in [6.45, 7) is 5.74. The molecule has 0 bridgehead atoms. The minimum atomic E-state index is -0.298. The summed E-state index contributed by atoms with van der Waals surface area (Å²) >= 11 is 0. The second-order valence-electron chi connectivity index (χ2n) is 5.48. The van der Waals surface area contributed by atoms with Gasteiger partial charge in [0.15, 0.2) is 5.78 Å². The normalized spacial score (nSPS) is 15.4. The minimum absolute atomic E-state index is 0.0857. The third-order valence-corrected chi connectivity index (χ3v) is 3.18. The van der Waals surface area contributed by atoms with E-state index in [0.717, 1.165) is 6.54 Å². The fourth-order valence-corrected chi connectivity index (χ4v) is 2.16. The molecule has 0 saturated heterocycles. The lowest BCUT2D eigenvalue weighted by Crippen LogP contribution is -2.34. The van der Waals surface area contributed by atoms with E-state index in [9.17, 15) is 9.18 Å². The van der Waals surface area contributed by atoms with Gasteiger partial charge < -0.3 is 0 Å². The van der Waals surface area contributed by atoms with E-state index in [-0.39, 0.29) is 11.6 Å². The molecule has 1 aliphatic carbocycles. The van der Waals surface area contributed by atoms with Crippen molar-refractivity contribution in [2.24, 2.45) is 5.92 Å². The molecule has 2 nitrogen and oxygen atoms in total. The lowest BCUT2D eigenvalue weighted by atomic mass is 10.1. The Morgan fingerprint density at radius 2 is 1.94 bits per heavy atom. The van der Waals surface area contributed by atoms with E-state index >= 15 is 0 Å². The molecule has 1 aromatic rings. The van der Waals surface area contributed by atoms with Crippen LogP contribution in [0.1, 0.15) is 37.0 Å². The van der Waals surface area contributed by atoms with Crippen molar-refractivity contribution < 1.29 is 9.18 Å². The van der Waals surface area contributed by atoms with Crippen molar-refractivity contribution in [3.8, 4) is 0 Å². The highest BCUT2D eigenvalue weighted by Gasteiger charge is 2.30. The average Bonchev–Trinajstić information content (AvgIpc) is 3.12. The molecular weight excluding hydrogens is 229 g/mol. The fourth-order valence-electron chi connectivity index (χ4n) is 2.16. The molecule has 0 aliphatic heterocycles. The monoisotopic (exact) mass is 249 g/mol. The first-order chi connectivity index (χ1) is 8.56. The second-order valence-corrected chi connectivity index (χ2v) is 5.48. The maximum Gasteiger partial charge on any atom is 0.176 e. The Morgan fingerprint density at radius 3 is 2.44 bits per heavy atom. The molecule has 98 valence electrons. The Balaban J connectivity index is 1.98. The summed E-state index contributed by atoms with van der Waals surface area (Å²) in [7, 11) is 0. The zero-order chi connectivity index (χ0) is 13.1. The number of carbonyl (C=O) groups excluding carboxylic acids is 1.